The van der Waals surface area contributed by atoms with E-state index >= 15 is 0 Å². The van der Waals surface area contributed by atoms with Gasteiger partial charge in [0, 0.05) is 25.8 Å². The zero-order valence-electron chi connectivity index (χ0n) is 12.2. The number of hydrogen-bond donors (Lipinski definition) is 2. The molecule has 0 aliphatic carbocycles. The summed E-state index contributed by atoms with van der Waals surface area (Å²) in [5.41, 5.74) is 1.07. The van der Waals surface area contributed by atoms with Crippen LogP contribution in [0.1, 0.15) is 18.4 Å². The lowest BCUT2D eigenvalue weighted by molar-refractivity contribution is -0.124. The van der Waals surface area contributed by atoms with Gasteiger partial charge >= 0.3 is 0 Å². The van der Waals surface area contributed by atoms with Crippen molar-refractivity contribution in [3.63, 3.8) is 0 Å². The van der Waals surface area contributed by atoms with Crippen LogP contribution in [0.25, 0.3) is 0 Å². The largest absolute Gasteiger partial charge is 0.482 e. The van der Waals surface area contributed by atoms with Crippen LogP contribution in [0.5, 0.6) is 5.75 Å². The van der Waals surface area contributed by atoms with E-state index in [1.807, 2.05) is 19.2 Å². The minimum Gasteiger partial charge on any atom is -0.482 e. The SMILES string of the molecule is CNCc1ccc(OCC(=O)NC2CCOCC2)c(Cl)c1. The first-order chi connectivity index (χ1) is 10.2. The van der Waals surface area contributed by atoms with Gasteiger partial charge in [0.25, 0.3) is 5.91 Å². The third-order valence-electron chi connectivity index (χ3n) is 3.32. The molecule has 116 valence electrons. The molecule has 1 amide bonds. The summed E-state index contributed by atoms with van der Waals surface area (Å²) in [6, 6.07) is 5.73. The third-order valence-corrected chi connectivity index (χ3v) is 3.62. The molecule has 2 N–H and O–H groups in total. The quantitative estimate of drug-likeness (QED) is 0.840. The van der Waals surface area contributed by atoms with E-state index < -0.39 is 0 Å². The fraction of sp³-hybridized carbons (Fsp3) is 0.533. The molecule has 2 rings (SSSR count). The Kier molecular flexibility index (Phi) is 6.29. The summed E-state index contributed by atoms with van der Waals surface area (Å²) < 4.78 is 10.7. The smallest absolute Gasteiger partial charge is 0.258 e. The molecule has 6 heteroatoms. The fourth-order valence-corrected chi connectivity index (χ4v) is 2.49. The molecular weight excluding hydrogens is 292 g/mol. The average Bonchev–Trinajstić information content (AvgIpc) is 2.48. The second-order valence-corrected chi connectivity index (χ2v) is 5.45. The van der Waals surface area contributed by atoms with Crippen LogP contribution in [0.4, 0.5) is 0 Å². The molecule has 1 saturated heterocycles. The molecule has 1 aliphatic heterocycles. The van der Waals surface area contributed by atoms with Crippen LogP contribution in [0, 0.1) is 0 Å². The number of carbonyl (C=O) groups is 1. The predicted octanol–water partition coefficient (Wildman–Crippen LogP) is 1.73. The van der Waals surface area contributed by atoms with Crippen molar-refractivity contribution < 1.29 is 14.3 Å². The first-order valence-electron chi connectivity index (χ1n) is 7.12. The van der Waals surface area contributed by atoms with E-state index in [2.05, 4.69) is 10.6 Å². The molecule has 5 nitrogen and oxygen atoms in total. The number of amides is 1. The lowest BCUT2D eigenvalue weighted by Crippen LogP contribution is -2.41. The summed E-state index contributed by atoms with van der Waals surface area (Å²) in [5, 5.41) is 6.51. The molecule has 0 atom stereocenters. The minimum absolute atomic E-state index is 0.0253. The Labute approximate surface area is 130 Å². The highest BCUT2D eigenvalue weighted by atomic mass is 35.5. The number of ether oxygens (including phenoxy) is 2. The Balaban J connectivity index is 1.80. The molecule has 1 aromatic carbocycles. The van der Waals surface area contributed by atoms with E-state index in [4.69, 9.17) is 21.1 Å². The van der Waals surface area contributed by atoms with Gasteiger partial charge in [0.05, 0.1) is 5.02 Å². The Morgan fingerprint density at radius 2 is 2.19 bits per heavy atom. The Hall–Kier alpha value is -1.30. The third kappa shape index (κ3) is 5.19. The molecule has 0 aromatic heterocycles. The molecule has 0 spiro atoms. The second kappa shape index (κ2) is 8.22. The van der Waals surface area contributed by atoms with Gasteiger partial charge in [-0.1, -0.05) is 17.7 Å². The van der Waals surface area contributed by atoms with E-state index in [0.29, 0.717) is 24.0 Å². The molecule has 1 fully saturated rings. The van der Waals surface area contributed by atoms with Gasteiger partial charge in [0.15, 0.2) is 6.61 Å². The van der Waals surface area contributed by atoms with Crippen molar-refractivity contribution in [3.05, 3.63) is 28.8 Å². The molecule has 0 saturated carbocycles. The molecular formula is C15H21ClN2O3. The van der Waals surface area contributed by atoms with Crippen molar-refractivity contribution in [2.45, 2.75) is 25.4 Å². The number of benzene rings is 1. The van der Waals surface area contributed by atoms with Crippen LogP contribution < -0.4 is 15.4 Å². The lowest BCUT2D eigenvalue weighted by Gasteiger charge is -2.23. The molecule has 0 radical (unpaired) electrons. The summed E-state index contributed by atoms with van der Waals surface area (Å²) in [6.07, 6.45) is 1.70. The zero-order valence-corrected chi connectivity index (χ0v) is 12.9. The maximum atomic E-state index is 11.8. The van der Waals surface area contributed by atoms with Crippen LogP contribution in [-0.2, 0) is 16.1 Å². The van der Waals surface area contributed by atoms with Crippen LogP contribution >= 0.6 is 11.6 Å². The highest BCUT2D eigenvalue weighted by Crippen LogP contribution is 2.25. The summed E-state index contributed by atoms with van der Waals surface area (Å²) in [6.45, 7) is 2.11. The molecule has 1 aromatic rings. The van der Waals surface area contributed by atoms with Crippen molar-refractivity contribution in [3.8, 4) is 5.75 Å². The van der Waals surface area contributed by atoms with E-state index in [1.165, 1.54) is 0 Å². The van der Waals surface area contributed by atoms with E-state index in [-0.39, 0.29) is 18.6 Å². The van der Waals surface area contributed by atoms with Gasteiger partial charge in [0.2, 0.25) is 0 Å². The lowest BCUT2D eigenvalue weighted by atomic mass is 10.1. The molecule has 21 heavy (non-hydrogen) atoms. The zero-order chi connectivity index (χ0) is 15.1. The minimum atomic E-state index is -0.128. The number of nitrogens with one attached hydrogen (secondary N) is 2. The first kappa shape index (κ1) is 16.1. The second-order valence-electron chi connectivity index (χ2n) is 5.04. The van der Waals surface area contributed by atoms with Crippen molar-refractivity contribution >= 4 is 17.5 Å². The maximum absolute atomic E-state index is 11.8. The monoisotopic (exact) mass is 312 g/mol. The Morgan fingerprint density at radius 3 is 2.86 bits per heavy atom. The Bertz CT molecular complexity index is 476. The Morgan fingerprint density at radius 1 is 1.43 bits per heavy atom. The van der Waals surface area contributed by atoms with Gasteiger partial charge in [-0.05, 0) is 37.6 Å². The van der Waals surface area contributed by atoms with Gasteiger partial charge in [-0.15, -0.1) is 0 Å². The summed E-state index contributed by atoms with van der Waals surface area (Å²) in [4.78, 5) is 11.8. The van der Waals surface area contributed by atoms with E-state index in [0.717, 1.165) is 24.9 Å². The standard InChI is InChI=1S/C15H21ClN2O3/c1-17-9-11-2-3-14(13(16)8-11)21-10-15(19)18-12-4-6-20-7-5-12/h2-3,8,12,17H,4-7,9-10H2,1H3,(H,18,19). The van der Waals surface area contributed by atoms with Gasteiger partial charge in [0.1, 0.15) is 5.75 Å². The first-order valence-corrected chi connectivity index (χ1v) is 7.50. The maximum Gasteiger partial charge on any atom is 0.258 e. The fourth-order valence-electron chi connectivity index (χ4n) is 2.23. The number of carbonyl (C=O) groups excluding carboxylic acids is 1. The highest BCUT2D eigenvalue weighted by Gasteiger charge is 2.16. The molecule has 0 unspecified atom stereocenters. The highest BCUT2D eigenvalue weighted by molar-refractivity contribution is 6.32. The van der Waals surface area contributed by atoms with Crippen molar-refractivity contribution in [1.29, 1.82) is 0 Å². The molecule has 1 aliphatic rings. The molecule has 1 heterocycles. The van der Waals surface area contributed by atoms with Crippen LogP contribution in [0.3, 0.4) is 0 Å². The van der Waals surface area contributed by atoms with Crippen molar-refractivity contribution in [1.82, 2.24) is 10.6 Å². The predicted molar refractivity (Wildman–Crippen MR) is 81.7 cm³/mol. The van der Waals surface area contributed by atoms with Gasteiger partial charge in [-0.25, -0.2) is 0 Å². The molecule has 0 bridgehead atoms. The van der Waals surface area contributed by atoms with Gasteiger partial charge in [-0.2, -0.15) is 0 Å². The summed E-state index contributed by atoms with van der Waals surface area (Å²) >= 11 is 6.14. The number of rotatable bonds is 6. The van der Waals surface area contributed by atoms with E-state index in [1.54, 1.807) is 6.07 Å². The van der Waals surface area contributed by atoms with Crippen molar-refractivity contribution in [2.75, 3.05) is 26.9 Å². The van der Waals surface area contributed by atoms with Crippen LogP contribution in [0.15, 0.2) is 18.2 Å². The van der Waals surface area contributed by atoms with Crippen LogP contribution in [0.2, 0.25) is 5.02 Å². The van der Waals surface area contributed by atoms with E-state index in [9.17, 15) is 4.79 Å². The van der Waals surface area contributed by atoms with Crippen molar-refractivity contribution in [2.24, 2.45) is 0 Å². The topological polar surface area (TPSA) is 59.6 Å². The number of halogens is 1. The summed E-state index contributed by atoms with van der Waals surface area (Å²) in [5.74, 6) is 0.399. The normalized spacial score (nSPS) is 15.7. The van der Waals surface area contributed by atoms with Gasteiger partial charge in [-0.3, -0.25) is 4.79 Å². The summed E-state index contributed by atoms with van der Waals surface area (Å²) in [7, 11) is 1.87. The van der Waals surface area contributed by atoms with Crippen LogP contribution in [-0.4, -0.2) is 38.8 Å². The van der Waals surface area contributed by atoms with Gasteiger partial charge < -0.3 is 20.1 Å². The average molecular weight is 313 g/mol. The number of hydrogen-bond acceptors (Lipinski definition) is 4.